The zero-order valence-corrected chi connectivity index (χ0v) is 28.3. The molecule has 0 aliphatic rings. The quantitative estimate of drug-likeness (QED) is 0.0613. The fraction of sp³-hybridized carbons (Fsp3) is 0.273. The van der Waals surface area contributed by atoms with Gasteiger partial charge >= 0.3 is 23.9 Å². The lowest BCUT2D eigenvalue weighted by Gasteiger charge is -2.09. The van der Waals surface area contributed by atoms with E-state index in [0.29, 0.717) is 22.6 Å². The number of ether oxygens (including phenoxy) is 4. The summed E-state index contributed by atoms with van der Waals surface area (Å²) >= 11 is 2.36. The topological polar surface area (TPSA) is 148 Å². The van der Waals surface area contributed by atoms with Gasteiger partial charge in [-0.2, -0.15) is 0 Å². The number of hydrogen-bond acceptors (Lipinski definition) is 14. The van der Waals surface area contributed by atoms with Crippen LogP contribution in [0.25, 0.3) is 20.9 Å². The van der Waals surface area contributed by atoms with E-state index in [0.717, 1.165) is 20.9 Å². The summed E-state index contributed by atoms with van der Waals surface area (Å²) in [6.07, 6.45) is -0.783. The summed E-state index contributed by atoms with van der Waals surface area (Å²) in [5.74, 6) is -1.80. The molecule has 47 heavy (non-hydrogen) atoms. The maximum Gasteiger partial charge on any atom is 0.343 e. The van der Waals surface area contributed by atoms with E-state index < -0.39 is 30.3 Å². The van der Waals surface area contributed by atoms with Crippen molar-refractivity contribution in [2.75, 3.05) is 38.4 Å². The molecule has 0 atom stereocenters. The molecule has 4 rings (SSSR count). The van der Waals surface area contributed by atoms with Crippen LogP contribution in [0.2, 0.25) is 0 Å². The van der Waals surface area contributed by atoms with E-state index in [9.17, 15) is 19.2 Å². The molecular weight excluding hydrogens is 649 g/mol. The van der Waals surface area contributed by atoms with Gasteiger partial charge in [-0.3, -0.25) is 0 Å². The average molecular weight is 683 g/mol. The Morgan fingerprint density at radius 1 is 0.617 bits per heavy atom. The summed E-state index contributed by atoms with van der Waals surface area (Å²) in [5.41, 5.74) is 8.29. The zero-order chi connectivity index (χ0) is 34.1. The molecule has 248 valence electrons. The van der Waals surface area contributed by atoms with E-state index in [1.165, 1.54) is 22.7 Å². The predicted molar refractivity (Wildman–Crippen MR) is 178 cm³/mol. The number of carbonyl (C=O) groups is 4. The first-order valence-corrected chi connectivity index (χ1v) is 16.1. The van der Waals surface area contributed by atoms with E-state index in [2.05, 4.69) is 11.0 Å². The van der Waals surface area contributed by atoms with Crippen LogP contribution in [-0.4, -0.2) is 51.3 Å². The highest BCUT2D eigenvalue weighted by Crippen LogP contribution is 2.42. The molecule has 0 aliphatic heterocycles. The predicted octanol–water partition coefficient (Wildman–Crippen LogP) is 6.96. The zero-order valence-electron chi connectivity index (χ0n) is 26.6. The summed E-state index contributed by atoms with van der Waals surface area (Å²) in [6, 6.07) is 14.5. The van der Waals surface area contributed by atoms with Crippen molar-refractivity contribution in [3.63, 3.8) is 0 Å². The van der Waals surface area contributed by atoms with Gasteiger partial charge in [-0.05, 0) is 98.5 Å². The van der Waals surface area contributed by atoms with Gasteiger partial charge in [0.2, 0.25) is 0 Å². The minimum absolute atomic E-state index is 0.146. The van der Waals surface area contributed by atoms with Crippen molar-refractivity contribution in [1.82, 2.24) is 0 Å². The van der Waals surface area contributed by atoms with Gasteiger partial charge in [-0.25, -0.2) is 30.1 Å². The van der Waals surface area contributed by atoms with Crippen molar-refractivity contribution in [3.05, 3.63) is 70.8 Å². The third-order valence-electron chi connectivity index (χ3n) is 6.76. The molecule has 0 saturated heterocycles. The highest BCUT2D eigenvalue weighted by molar-refractivity contribution is 7.20. The number of thiophene rings is 2. The number of methoxy groups -OCH3 is 2. The molecule has 0 saturated carbocycles. The molecule has 14 heteroatoms. The highest BCUT2D eigenvalue weighted by Gasteiger charge is 2.26. The van der Waals surface area contributed by atoms with Crippen molar-refractivity contribution in [3.8, 4) is 32.4 Å². The van der Waals surface area contributed by atoms with Crippen LogP contribution in [0, 0.1) is 13.8 Å². The largest absolute Gasteiger partial charge is 0.497 e. The van der Waals surface area contributed by atoms with Crippen molar-refractivity contribution in [2.45, 2.75) is 34.1 Å². The third-order valence-corrected chi connectivity index (χ3v) is 9.24. The summed E-state index contributed by atoms with van der Waals surface area (Å²) in [7, 11) is 3.13. The van der Waals surface area contributed by atoms with Crippen LogP contribution in [0.4, 0.5) is 10.0 Å². The van der Waals surface area contributed by atoms with Crippen molar-refractivity contribution < 1.29 is 47.8 Å². The Labute approximate surface area is 279 Å². The number of esters is 2. The lowest BCUT2D eigenvalue weighted by molar-refractivity contribution is -0.151. The Kier molecular flexibility index (Phi) is 11.8. The van der Waals surface area contributed by atoms with Crippen LogP contribution < -0.4 is 20.4 Å². The number of rotatable bonds is 14. The fourth-order valence-electron chi connectivity index (χ4n) is 4.50. The normalized spacial score (nSPS) is 10.5. The molecule has 0 aliphatic carbocycles. The molecule has 0 spiro atoms. The van der Waals surface area contributed by atoms with Gasteiger partial charge in [0, 0.05) is 9.75 Å². The molecule has 2 N–H and O–H groups in total. The monoisotopic (exact) mass is 682 g/mol. The van der Waals surface area contributed by atoms with Gasteiger partial charge in [0.05, 0.1) is 27.4 Å². The van der Waals surface area contributed by atoms with Crippen molar-refractivity contribution >= 4 is 56.6 Å². The second-order valence-corrected chi connectivity index (χ2v) is 11.8. The number of benzene rings is 2. The SMILES string of the molecule is CCOC(=O)c1c(NOC(=O)CC(=O)ONc2sc(-c3ccc(OC)cc3)c(C)c2C(=O)OCC)sc(-c2ccc(OC)cc2)c1C. The second-order valence-electron chi connectivity index (χ2n) is 9.75. The molecule has 2 aromatic heterocycles. The minimum atomic E-state index is -0.976. The number of nitrogens with one attached hydrogen (secondary N) is 2. The maximum atomic E-state index is 12.8. The molecule has 2 aromatic carbocycles. The van der Waals surface area contributed by atoms with E-state index in [-0.39, 0.29) is 34.3 Å². The maximum absolute atomic E-state index is 12.8. The Hall–Kier alpha value is -5.08. The Morgan fingerprint density at radius 2 is 0.979 bits per heavy atom. The van der Waals surface area contributed by atoms with Crippen LogP contribution in [0.15, 0.2) is 48.5 Å². The van der Waals surface area contributed by atoms with Crippen LogP contribution >= 0.6 is 22.7 Å². The van der Waals surface area contributed by atoms with Gasteiger partial charge in [-0.15, -0.1) is 22.7 Å². The van der Waals surface area contributed by atoms with Crippen LogP contribution in [0.5, 0.6) is 11.5 Å². The summed E-state index contributed by atoms with van der Waals surface area (Å²) in [4.78, 5) is 62.6. The number of carbonyl (C=O) groups excluding carboxylic acids is 4. The third kappa shape index (κ3) is 8.20. The minimum Gasteiger partial charge on any atom is -0.497 e. The molecular formula is C33H34N2O10S2. The van der Waals surface area contributed by atoms with Gasteiger partial charge in [0.25, 0.3) is 0 Å². The average Bonchev–Trinajstić information content (AvgIpc) is 3.58. The van der Waals surface area contributed by atoms with Gasteiger partial charge in [-0.1, -0.05) is 0 Å². The highest BCUT2D eigenvalue weighted by atomic mass is 32.1. The van der Waals surface area contributed by atoms with Gasteiger partial charge in [0.15, 0.2) is 0 Å². The van der Waals surface area contributed by atoms with Crippen LogP contribution in [0.3, 0.4) is 0 Å². The van der Waals surface area contributed by atoms with E-state index >= 15 is 0 Å². The Morgan fingerprint density at radius 3 is 1.30 bits per heavy atom. The Balaban J connectivity index is 1.45. The first-order chi connectivity index (χ1) is 22.6. The summed E-state index contributed by atoms with van der Waals surface area (Å²) in [5, 5.41) is 0.455. The number of hydrogen-bond donors (Lipinski definition) is 2. The molecule has 0 fully saturated rings. The van der Waals surface area contributed by atoms with E-state index in [1.54, 1.807) is 66.2 Å². The molecule has 0 amide bonds. The molecule has 0 unspecified atom stereocenters. The Bertz CT molecular complexity index is 1620. The molecule has 0 bridgehead atoms. The van der Waals surface area contributed by atoms with E-state index in [1.807, 2.05) is 24.3 Å². The smallest absolute Gasteiger partial charge is 0.343 e. The lowest BCUT2D eigenvalue weighted by atomic mass is 10.1. The second kappa shape index (κ2) is 16.0. The first kappa shape index (κ1) is 34.8. The van der Waals surface area contributed by atoms with Gasteiger partial charge in [0.1, 0.15) is 39.0 Å². The fourth-order valence-corrected chi connectivity index (χ4v) is 6.77. The first-order valence-electron chi connectivity index (χ1n) is 14.4. The van der Waals surface area contributed by atoms with Crippen molar-refractivity contribution in [1.29, 1.82) is 0 Å². The molecule has 2 heterocycles. The van der Waals surface area contributed by atoms with E-state index in [4.69, 9.17) is 28.6 Å². The number of anilines is 2. The summed E-state index contributed by atoms with van der Waals surface area (Å²) < 4.78 is 20.9. The molecule has 0 radical (unpaired) electrons. The van der Waals surface area contributed by atoms with Crippen LogP contribution in [0.1, 0.15) is 52.1 Å². The van der Waals surface area contributed by atoms with Gasteiger partial charge < -0.3 is 28.6 Å². The molecule has 4 aromatic rings. The van der Waals surface area contributed by atoms with Crippen LogP contribution in [-0.2, 0) is 28.7 Å². The standard InChI is InChI=1S/C33H34N2O10S2/c1-7-42-32(38)26-18(3)28(20-9-13-22(40-5)14-10-20)46-30(26)34-44-24(36)17-25(37)45-35-31-27(33(39)43-8-2)19(4)29(47-31)21-11-15-23(41-6)16-12-21/h9-16,34-35H,7-8,17H2,1-6H3. The summed E-state index contributed by atoms with van der Waals surface area (Å²) in [6.45, 7) is 7.18. The molecule has 12 nitrogen and oxygen atoms in total. The van der Waals surface area contributed by atoms with Crippen molar-refractivity contribution in [2.24, 2.45) is 0 Å². The lowest BCUT2D eigenvalue weighted by Crippen LogP contribution is -2.19.